The number of nitrogens with one attached hydrogen (secondary N) is 2. The summed E-state index contributed by atoms with van der Waals surface area (Å²) >= 11 is 0. The van der Waals surface area contributed by atoms with Gasteiger partial charge in [0.25, 0.3) is 5.91 Å². The fourth-order valence-electron chi connectivity index (χ4n) is 3.88. The molecule has 1 amide bonds. The maximum absolute atomic E-state index is 12.5. The van der Waals surface area contributed by atoms with Crippen LogP contribution in [0.5, 0.6) is 0 Å². The highest BCUT2D eigenvalue weighted by atomic mass is 16.4. The third kappa shape index (κ3) is 2.22. The molecule has 2 aliphatic heterocycles. The lowest BCUT2D eigenvalue weighted by atomic mass is 9.95. The molecular formula is C18H18N4O2. The standard InChI is InChI=1S/C18H18N4O2/c23-18(21-14-8-12-3-4-13(14)20-12)15-9-16-11(10-19-15)7-17(24-16)22-5-1-2-6-22/h1-2,5-7,9-10,12-14,20H,3-4,8H2,(H,21,23)/t12-,13+,14-/m1/s1. The minimum atomic E-state index is -0.129. The first kappa shape index (κ1) is 13.8. The normalized spacial score (nSPS) is 25.4. The average molecular weight is 322 g/mol. The van der Waals surface area contributed by atoms with Gasteiger partial charge in [0.2, 0.25) is 5.88 Å². The Kier molecular flexibility index (Phi) is 2.99. The van der Waals surface area contributed by atoms with Crippen molar-refractivity contribution in [2.45, 2.75) is 37.4 Å². The summed E-state index contributed by atoms with van der Waals surface area (Å²) in [4.78, 5) is 16.8. The van der Waals surface area contributed by atoms with Crippen molar-refractivity contribution in [2.24, 2.45) is 0 Å². The number of hydrogen-bond donors (Lipinski definition) is 2. The molecule has 6 heteroatoms. The third-order valence-corrected chi connectivity index (χ3v) is 5.10. The number of aromatic nitrogens is 2. The SMILES string of the molecule is O=C(N[C@@H]1C[C@H]2CC[C@@H]1N2)c1cc2oc(-n3cccc3)cc2cn1. The molecule has 0 spiro atoms. The molecule has 2 fully saturated rings. The van der Waals surface area contributed by atoms with Crippen molar-refractivity contribution in [3.05, 3.63) is 48.5 Å². The van der Waals surface area contributed by atoms with Crippen molar-refractivity contribution in [2.75, 3.05) is 0 Å². The van der Waals surface area contributed by atoms with E-state index >= 15 is 0 Å². The Labute approximate surface area is 138 Å². The van der Waals surface area contributed by atoms with E-state index in [0.29, 0.717) is 29.2 Å². The Morgan fingerprint density at radius 3 is 2.92 bits per heavy atom. The van der Waals surface area contributed by atoms with Crippen LogP contribution in [0, 0.1) is 0 Å². The van der Waals surface area contributed by atoms with E-state index in [0.717, 1.165) is 18.2 Å². The molecule has 3 aromatic rings. The molecule has 2 saturated heterocycles. The van der Waals surface area contributed by atoms with Gasteiger partial charge in [-0.3, -0.25) is 14.3 Å². The van der Waals surface area contributed by atoms with Gasteiger partial charge in [-0.1, -0.05) is 0 Å². The largest absolute Gasteiger partial charge is 0.440 e. The highest BCUT2D eigenvalue weighted by Crippen LogP contribution is 2.28. The smallest absolute Gasteiger partial charge is 0.270 e. The van der Waals surface area contributed by atoms with E-state index in [2.05, 4.69) is 15.6 Å². The van der Waals surface area contributed by atoms with Gasteiger partial charge in [-0.25, -0.2) is 0 Å². The summed E-state index contributed by atoms with van der Waals surface area (Å²) in [6.07, 6.45) is 8.90. The fourth-order valence-corrected chi connectivity index (χ4v) is 3.88. The first-order valence-corrected chi connectivity index (χ1v) is 8.36. The molecule has 2 bridgehead atoms. The van der Waals surface area contributed by atoms with E-state index < -0.39 is 0 Å². The van der Waals surface area contributed by atoms with Gasteiger partial charge >= 0.3 is 0 Å². The van der Waals surface area contributed by atoms with Crippen LogP contribution in [0.25, 0.3) is 16.9 Å². The second kappa shape index (κ2) is 5.21. The zero-order valence-electron chi connectivity index (χ0n) is 13.1. The molecule has 2 aliphatic rings. The zero-order chi connectivity index (χ0) is 16.1. The van der Waals surface area contributed by atoms with E-state index in [-0.39, 0.29) is 11.9 Å². The Morgan fingerprint density at radius 2 is 2.17 bits per heavy atom. The van der Waals surface area contributed by atoms with Crippen molar-refractivity contribution in [1.82, 2.24) is 20.2 Å². The molecule has 0 radical (unpaired) electrons. The number of carbonyl (C=O) groups excluding carboxylic acids is 1. The van der Waals surface area contributed by atoms with Crippen LogP contribution in [-0.2, 0) is 0 Å². The molecule has 2 N–H and O–H groups in total. The van der Waals surface area contributed by atoms with Gasteiger partial charge in [-0.2, -0.15) is 0 Å². The maximum atomic E-state index is 12.5. The van der Waals surface area contributed by atoms with E-state index in [1.54, 1.807) is 12.3 Å². The number of pyridine rings is 1. The molecule has 24 heavy (non-hydrogen) atoms. The topological polar surface area (TPSA) is 72.1 Å². The van der Waals surface area contributed by atoms with Crippen LogP contribution >= 0.6 is 0 Å². The first-order chi connectivity index (χ1) is 11.8. The minimum Gasteiger partial charge on any atom is -0.440 e. The van der Waals surface area contributed by atoms with E-state index in [4.69, 9.17) is 4.42 Å². The molecule has 0 unspecified atom stereocenters. The van der Waals surface area contributed by atoms with Crippen LogP contribution in [0.1, 0.15) is 29.8 Å². The molecule has 6 nitrogen and oxygen atoms in total. The summed E-state index contributed by atoms with van der Waals surface area (Å²) in [5, 5.41) is 7.53. The number of carbonyl (C=O) groups is 1. The molecule has 122 valence electrons. The summed E-state index contributed by atoms with van der Waals surface area (Å²) < 4.78 is 7.74. The molecule has 5 rings (SSSR count). The predicted octanol–water partition coefficient (Wildman–Crippen LogP) is 2.24. The van der Waals surface area contributed by atoms with Gasteiger partial charge in [-0.05, 0) is 31.4 Å². The van der Waals surface area contributed by atoms with Crippen molar-refractivity contribution in [1.29, 1.82) is 0 Å². The molecule has 0 aliphatic carbocycles. The zero-order valence-corrected chi connectivity index (χ0v) is 13.1. The van der Waals surface area contributed by atoms with Crippen LogP contribution < -0.4 is 10.6 Å². The molecule has 3 aromatic heterocycles. The van der Waals surface area contributed by atoms with Crippen molar-refractivity contribution >= 4 is 16.9 Å². The van der Waals surface area contributed by atoms with Gasteiger partial charge in [0.1, 0.15) is 11.3 Å². The van der Waals surface area contributed by atoms with Gasteiger partial charge in [0.05, 0.1) is 0 Å². The second-order valence-electron chi connectivity index (χ2n) is 6.65. The lowest BCUT2D eigenvalue weighted by Crippen LogP contribution is -2.43. The summed E-state index contributed by atoms with van der Waals surface area (Å²) in [6.45, 7) is 0. The van der Waals surface area contributed by atoms with Crippen LogP contribution in [0.3, 0.4) is 0 Å². The van der Waals surface area contributed by atoms with Crippen molar-refractivity contribution in [3.63, 3.8) is 0 Å². The molecule has 5 heterocycles. The summed E-state index contributed by atoms with van der Waals surface area (Å²) in [6, 6.07) is 8.70. The van der Waals surface area contributed by atoms with E-state index in [1.807, 2.05) is 35.2 Å². The molecule has 3 atom stereocenters. The number of nitrogens with zero attached hydrogens (tertiary/aromatic N) is 2. The third-order valence-electron chi connectivity index (χ3n) is 5.10. The summed E-state index contributed by atoms with van der Waals surface area (Å²) in [7, 11) is 0. The monoisotopic (exact) mass is 322 g/mol. The average Bonchev–Trinajstić information content (AvgIpc) is 3.35. The molecule has 0 aromatic carbocycles. The second-order valence-corrected chi connectivity index (χ2v) is 6.65. The van der Waals surface area contributed by atoms with Gasteiger partial charge < -0.3 is 15.1 Å². The Morgan fingerprint density at radius 1 is 1.29 bits per heavy atom. The Hall–Kier alpha value is -2.60. The Bertz CT molecular complexity index is 899. The van der Waals surface area contributed by atoms with Crippen molar-refractivity contribution in [3.8, 4) is 5.88 Å². The van der Waals surface area contributed by atoms with Crippen LogP contribution in [-0.4, -0.2) is 33.6 Å². The lowest BCUT2D eigenvalue weighted by Gasteiger charge is -2.21. The van der Waals surface area contributed by atoms with E-state index in [9.17, 15) is 4.79 Å². The minimum absolute atomic E-state index is 0.129. The van der Waals surface area contributed by atoms with Gasteiger partial charge in [0.15, 0.2) is 0 Å². The number of fused-ring (bicyclic) bond motifs is 3. The first-order valence-electron chi connectivity index (χ1n) is 8.36. The molecular weight excluding hydrogens is 304 g/mol. The molecule has 0 saturated carbocycles. The summed E-state index contributed by atoms with van der Waals surface area (Å²) in [5.74, 6) is 0.585. The van der Waals surface area contributed by atoms with Crippen LogP contribution in [0.15, 0.2) is 47.3 Å². The highest BCUT2D eigenvalue weighted by molar-refractivity contribution is 5.95. The maximum Gasteiger partial charge on any atom is 0.270 e. The summed E-state index contributed by atoms with van der Waals surface area (Å²) in [5.41, 5.74) is 1.07. The number of furan rings is 1. The van der Waals surface area contributed by atoms with Crippen LogP contribution in [0.4, 0.5) is 0 Å². The van der Waals surface area contributed by atoms with Crippen LogP contribution in [0.2, 0.25) is 0 Å². The lowest BCUT2D eigenvalue weighted by molar-refractivity contribution is 0.0926. The van der Waals surface area contributed by atoms with Gasteiger partial charge in [0, 0.05) is 54.2 Å². The Balaban J connectivity index is 1.39. The highest BCUT2D eigenvalue weighted by Gasteiger charge is 2.39. The number of hydrogen-bond acceptors (Lipinski definition) is 4. The quantitative estimate of drug-likeness (QED) is 0.776. The van der Waals surface area contributed by atoms with Gasteiger partial charge in [-0.15, -0.1) is 0 Å². The number of amides is 1. The fraction of sp³-hybridized carbons (Fsp3) is 0.333. The van der Waals surface area contributed by atoms with E-state index in [1.165, 1.54) is 6.42 Å². The van der Waals surface area contributed by atoms with Crippen molar-refractivity contribution < 1.29 is 9.21 Å². The number of rotatable bonds is 3. The predicted molar refractivity (Wildman–Crippen MR) is 89.2 cm³/mol.